The fourth-order valence-corrected chi connectivity index (χ4v) is 6.48. The second kappa shape index (κ2) is 9.65. The molecule has 3 atom stereocenters. The van der Waals surface area contributed by atoms with Crippen LogP contribution in [0.5, 0.6) is 0 Å². The van der Waals surface area contributed by atoms with Crippen molar-refractivity contribution in [2.24, 2.45) is 5.14 Å². The van der Waals surface area contributed by atoms with Gasteiger partial charge >= 0.3 is 0 Å². The van der Waals surface area contributed by atoms with Gasteiger partial charge in [0.15, 0.2) is 0 Å². The summed E-state index contributed by atoms with van der Waals surface area (Å²) in [5, 5.41) is 5.59. The minimum Gasteiger partial charge on any atom is -0.385 e. The largest absolute Gasteiger partial charge is 0.385 e. The van der Waals surface area contributed by atoms with Gasteiger partial charge in [-0.25, -0.2) is 13.6 Å². The maximum Gasteiger partial charge on any atom is 0.271 e. The first kappa shape index (κ1) is 21.1. The Morgan fingerprint density at radius 2 is 2.16 bits per heavy atom. The summed E-state index contributed by atoms with van der Waals surface area (Å²) in [7, 11) is -0.542. The van der Waals surface area contributed by atoms with Gasteiger partial charge in [0.05, 0.1) is 10.3 Å². The summed E-state index contributed by atoms with van der Waals surface area (Å²) in [6.45, 7) is 2.22. The van der Waals surface area contributed by atoms with E-state index in [-0.39, 0.29) is 10.3 Å². The molecule has 0 fully saturated rings. The number of rotatable bonds is 10. The fourth-order valence-electron chi connectivity index (χ4n) is 2.58. The van der Waals surface area contributed by atoms with Crippen LogP contribution in [0.15, 0.2) is 14.5 Å². The van der Waals surface area contributed by atoms with Crippen molar-refractivity contribution in [2.75, 3.05) is 27.4 Å². The Morgan fingerprint density at radius 1 is 1.40 bits per heavy atom. The molecule has 2 N–H and O–H groups in total. The van der Waals surface area contributed by atoms with Crippen LogP contribution in [0.2, 0.25) is 0 Å². The molecule has 7 nitrogen and oxygen atoms in total. The molecule has 0 saturated heterocycles. The lowest BCUT2D eigenvalue weighted by Crippen LogP contribution is -2.26. The molecule has 0 spiro atoms. The first-order valence-corrected chi connectivity index (χ1v) is 11.2. The smallest absolute Gasteiger partial charge is 0.271 e. The highest BCUT2D eigenvalue weighted by Gasteiger charge is 2.33. The molecule has 144 valence electrons. The Morgan fingerprint density at radius 3 is 2.76 bits per heavy atom. The molecular formula is C15H25NO6S3. The van der Waals surface area contributed by atoms with Gasteiger partial charge in [0, 0.05) is 38.2 Å². The van der Waals surface area contributed by atoms with Crippen LogP contribution < -0.4 is 5.14 Å². The molecule has 2 rings (SSSR count). The Balaban J connectivity index is 2.22. The first-order valence-electron chi connectivity index (χ1n) is 8.01. The maximum absolute atomic E-state index is 11.7. The standard InChI is InChI=1S/C15H25NO6S3/c1-4-21-15(20-3)22-12-8-10(6-5-7-19-2)23-14-11(12)9-13(24-14)25(16,17)18/h9-10,12,15H,4-8H2,1-3H3,(H2,16,17,18). The van der Waals surface area contributed by atoms with E-state index in [0.29, 0.717) is 18.5 Å². The second-order valence-corrected chi connectivity index (χ2v) is 9.98. The number of fused-ring (bicyclic) bond motifs is 1. The van der Waals surface area contributed by atoms with E-state index in [9.17, 15) is 8.42 Å². The van der Waals surface area contributed by atoms with Gasteiger partial charge in [-0.2, -0.15) is 0 Å². The van der Waals surface area contributed by atoms with Crippen molar-refractivity contribution >= 4 is 33.1 Å². The van der Waals surface area contributed by atoms with Crippen LogP contribution in [-0.2, 0) is 29.0 Å². The summed E-state index contributed by atoms with van der Waals surface area (Å²) < 4.78 is 46.2. The second-order valence-electron chi connectivity index (χ2n) is 5.57. The summed E-state index contributed by atoms with van der Waals surface area (Å²) in [5.41, 5.74) is 0.837. The molecule has 0 radical (unpaired) electrons. The Kier molecular flexibility index (Phi) is 8.15. The Bertz CT molecular complexity index is 648. The van der Waals surface area contributed by atoms with Gasteiger partial charge in [0.2, 0.25) is 10.0 Å². The number of methoxy groups -OCH3 is 2. The van der Waals surface area contributed by atoms with Crippen molar-refractivity contribution in [3.63, 3.8) is 0 Å². The van der Waals surface area contributed by atoms with Crippen LogP contribution in [-0.4, -0.2) is 47.6 Å². The number of hydrogen-bond acceptors (Lipinski definition) is 8. The number of thiophene rings is 1. The fraction of sp³-hybridized carbons (Fsp3) is 0.733. The molecule has 10 heteroatoms. The summed E-state index contributed by atoms with van der Waals surface area (Å²) in [5.74, 6) is 0. The monoisotopic (exact) mass is 411 g/mol. The third-order valence-corrected chi connectivity index (χ3v) is 7.84. The molecule has 0 aliphatic carbocycles. The molecule has 1 aromatic rings. The highest BCUT2D eigenvalue weighted by molar-refractivity contribution is 8.02. The molecule has 0 bridgehead atoms. The van der Waals surface area contributed by atoms with Gasteiger partial charge in [-0.15, -0.1) is 23.1 Å². The van der Waals surface area contributed by atoms with E-state index >= 15 is 0 Å². The molecule has 25 heavy (non-hydrogen) atoms. The zero-order chi connectivity index (χ0) is 18.4. The number of primary sulfonamides is 1. The van der Waals surface area contributed by atoms with Crippen molar-refractivity contribution in [2.45, 2.75) is 52.4 Å². The molecule has 1 aliphatic heterocycles. The van der Waals surface area contributed by atoms with Crippen molar-refractivity contribution in [1.29, 1.82) is 0 Å². The zero-order valence-electron chi connectivity index (χ0n) is 14.6. The molecule has 0 amide bonds. The van der Waals surface area contributed by atoms with E-state index < -0.39 is 16.5 Å². The first-order chi connectivity index (χ1) is 11.9. The molecule has 1 aromatic heterocycles. The van der Waals surface area contributed by atoms with E-state index in [4.69, 9.17) is 24.1 Å². The minimum atomic E-state index is -3.74. The van der Waals surface area contributed by atoms with E-state index in [2.05, 4.69) is 0 Å². The highest BCUT2D eigenvalue weighted by Crippen LogP contribution is 2.49. The lowest BCUT2D eigenvalue weighted by molar-refractivity contribution is -0.295. The van der Waals surface area contributed by atoms with E-state index in [1.807, 2.05) is 6.92 Å². The lowest BCUT2D eigenvalue weighted by Gasteiger charge is -2.31. The van der Waals surface area contributed by atoms with E-state index in [0.717, 1.165) is 29.0 Å². The Hall–Kier alpha value is -0.200. The van der Waals surface area contributed by atoms with Crippen molar-refractivity contribution in [3.05, 3.63) is 11.6 Å². The van der Waals surface area contributed by atoms with Crippen LogP contribution in [0.1, 0.15) is 37.9 Å². The summed E-state index contributed by atoms with van der Waals surface area (Å²) in [6.07, 6.45) is 2.33. The zero-order valence-corrected chi connectivity index (χ0v) is 17.0. The molecule has 0 saturated carbocycles. The van der Waals surface area contributed by atoms with Gasteiger partial charge < -0.3 is 18.9 Å². The van der Waals surface area contributed by atoms with Crippen LogP contribution in [0.25, 0.3) is 0 Å². The predicted molar refractivity (Wildman–Crippen MR) is 97.3 cm³/mol. The van der Waals surface area contributed by atoms with Crippen LogP contribution in [0, 0.1) is 0 Å². The van der Waals surface area contributed by atoms with Crippen LogP contribution in [0.4, 0.5) is 0 Å². The lowest BCUT2D eigenvalue weighted by atomic mass is 10.0. The number of ether oxygens (including phenoxy) is 4. The number of nitrogens with two attached hydrogens (primary N) is 1. The quantitative estimate of drug-likeness (QED) is 0.467. The van der Waals surface area contributed by atoms with Crippen molar-refractivity contribution < 1.29 is 27.4 Å². The topological polar surface area (TPSA) is 97.1 Å². The highest BCUT2D eigenvalue weighted by atomic mass is 32.3. The normalized spacial score (nSPS) is 21.9. The van der Waals surface area contributed by atoms with Gasteiger partial charge in [-0.3, -0.25) is 0 Å². The van der Waals surface area contributed by atoms with E-state index in [1.165, 1.54) is 18.4 Å². The summed E-state index contributed by atoms with van der Waals surface area (Å²) >= 11 is 2.87. The SMILES string of the molecule is CCOC(OC)OC1CC(CCCOC)Sc2sc(S(N)(=O)=O)cc21. The summed E-state index contributed by atoms with van der Waals surface area (Å²) in [4.78, 5) is 0. The van der Waals surface area contributed by atoms with Gasteiger partial charge in [-0.1, -0.05) is 0 Å². The van der Waals surface area contributed by atoms with Crippen molar-refractivity contribution in [1.82, 2.24) is 0 Å². The maximum atomic E-state index is 11.7. The van der Waals surface area contributed by atoms with Gasteiger partial charge in [-0.05, 0) is 32.3 Å². The molecular weight excluding hydrogens is 386 g/mol. The number of sulfonamides is 1. The molecule has 1 aliphatic rings. The van der Waals surface area contributed by atoms with Gasteiger partial charge in [0.1, 0.15) is 4.21 Å². The third-order valence-electron chi connectivity index (χ3n) is 3.73. The van der Waals surface area contributed by atoms with Crippen molar-refractivity contribution in [3.8, 4) is 0 Å². The molecule has 3 unspecified atom stereocenters. The third kappa shape index (κ3) is 5.90. The van der Waals surface area contributed by atoms with Gasteiger partial charge in [0.25, 0.3) is 6.48 Å². The van der Waals surface area contributed by atoms with E-state index in [1.54, 1.807) is 24.9 Å². The predicted octanol–water partition coefficient (Wildman–Crippen LogP) is 2.71. The number of thioether (sulfide) groups is 1. The minimum absolute atomic E-state index is 0.154. The number of hydrogen-bond donors (Lipinski definition) is 1. The average Bonchev–Trinajstić information content (AvgIpc) is 2.99. The van der Waals surface area contributed by atoms with Crippen LogP contribution in [0.3, 0.4) is 0 Å². The Labute approximate surface area is 157 Å². The van der Waals surface area contributed by atoms with Crippen LogP contribution >= 0.6 is 23.1 Å². The molecule has 0 aromatic carbocycles. The summed E-state index contributed by atoms with van der Waals surface area (Å²) in [6, 6.07) is 1.61. The molecule has 2 heterocycles. The average molecular weight is 412 g/mol.